The molecule has 0 aliphatic carbocycles. The van der Waals surface area contributed by atoms with Gasteiger partial charge in [-0.3, -0.25) is 28.8 Å². The lowest BCUT2D eigenvalue weighted by Gasteiger charge is -2.27. The second-order valence-electron chi connectivity index (χ2n) is 8.83. The zero-order valence-electron chi connectivity index (χ0n) is 21.4. The van der Waals surface area contributed by atoms with Crippen LogP contribution in [-0.2, 0) is 33.6 Å². The van der Waals surface area contributed by atoms with Crippen molar-refractivity contribution in [2.45, 2.75) is 76.5 Å². The Labute approximate surface area is 219 Å². The minimum absolute atomic E-state index is 0.0576. The monoisotopic (exact) mass is 546 g/mol. The molecular formula is C22H38N6O10. The highest BCUT2D eigenvalue weighted by Gasteiger charge is 2.33. The first kappa shape index (κ1) is 34.2. The number of hydrogen-bond donors (Lipinski definition) is 9. The molecule has 0 bridgehead atoms. The van der Waals surface area contributed by atoms with Crippen molar-refractivity contribution >= 4 is 41.5 Å². The van der Waals surface area contributed by atoms with Crippen molar-refractivity contribution in [3.63, 3.8) is 0 Å². The van der Waals surface area contributed by atoms with Crippen molar-refractivity contribution in [2.75, 3.05) is 13.1 Å². The zero-order chi connectivity index (χ0) is 29.4. The van der Waals surface area contributed by atoms with Gasteiger partial charge in [0.15, 0.2) is 0 Å². The topological polar surface area (TPSA) is 280 Å². The van der Waals surface area contributed by atoms with E-state index in [1.807, 2.05) is 0 Å². The molecule has 0 spiro atoms. The Morgan fingerprint density at radius 3 is 1.74 bits per heavy atom. The first-order valence-electron chi connectivity index (χ1n) is 12.0. The van der Waals surface area contributed by atoms with Gasteiger partial charge in [0, 0.05) is 6.42 Å². The Morgan fingerprint density at radius 2 is 1.26 bits per heavy atom. The third kappa shape index (κ3) is 13.5. The average molecular weight is 547 g/mol. The van der Waals surface area contributed by atoms with Crippen LogP contribution in [0, 0.1) is 5.92 Å². The number of amides is 4. The van der Waals surface area contributed by atoms with Gasteiger partial charge in [0.25, 0.3) is 0 Å². The summed E-state index contributed by atoms with van der Waals surface area (Å²) in [6.45, 7) is 2.89. The highest BCUT2D eigenvalue weighted by Crippen LogP contribution is 2.08. The Morgan fingerprint density at radius 1 is 0.684 bits per heavy atom. The van der Waals surface area contributed by atoms with Gasteiger partial charge in [-0.05, 0) is 38.1 Å². The summed E-state index contributed by atoms with van der Waals surface area (Å²) < 4.78 is 0. The van der Waals surface area contributed by atoms with Gasteiger partial charge in [0.05, 0.1) is 13.0 Å². The molecule has 0 aromatic heterocycles. The molecule has 0 saturated heterocycles. The van der Waals surface area contributed by atoms with Crippen LogP contribution in [0.5, 0.6) is 0 Å². The van der Waals surface area contributed by atoms with E-state index in [4.69, 9.17) is 21.7 Å². The van der Waals surface area contributed by atoms with Crippen molar-refractivity contribution < 1.29 is 48.9 Å². The number of carbonyl (C=O) groups is 7. The molecule has 0 unspecified atom stereocenters. The van der Waals surface area contributed by atoms with Crippen molar-refractivity contribution in [2.24, 2.45) is 17.4 Å². The maximum Gasteiger partial charge on any atom is 0.326 e. The summed E-state index contributed by atoms with van der Waals surface area (Å²) in [4.78, 5) is 83.9. The van der Waals surface area contributed by atoms with E-state index in [-0.39, 0.29) is 12.8 Å². The molecule has 0 rings (SSSR count). The van der Waals surface area contributed by atoms with E-state index in [9.17, 15) is 38.7 Å². The van der Waals surface area contributed by atoms with Gasteiger partial charge in [-0.25, -0.2) is 4.79 Å². The van der Waals surface area contributed by atoms with E-state index < -0.39 is 91.0 Å². The zero-order valence-corrected chi connectivity index (χ0v) is 21.4. The molecule has 0 aromatic rings. The van der Waals surface area contributed by atoms with Gasteiger partial charge < -0.3 is 48.1 Å². The highest BCUT2D eigenvalue weighted by molar-refractivity contribution is 5.96. The van der Waals surface area contributed by atoms with E-state index in [0.717, 1.165) is 0 Å². The van der Waals surface area contributed by atoms with E-state index in [1.165, 1.54) is 0 Å². The number of carboxylic acid groups (broad SMARTS) is 3. The summed E-state index contributed by atoms with van der Waals surface area (Å²) in [7, 11) is 0. The molecular weight excluding hydrogens is 508 g/mol. The summed E-state index contributed by atoms with van der Waals surface area (Å²) in [5, 5.41) is 36.6. The lowest BCUT2D eigenvalue weighted by atomic mass is 10.0. The van der Waals surface area contributed by atoms with Gasteiger partial charge in [0.1, 0.15) is 24.2 Å². The minimum atomic E-state index is -1.55. The van der Waals surface area contributed by atoms with Gasteiger partial charge in [-0.2, -0.15) is 0 Å². The molecule has 38 heavy (non-hydrogen) atoms. The fraction of sp³-hybridized carbons (Fsp3) is 0.682. The number of rotatable bonds is 19. The van der Waals surface area contributed by atoms with Crippen molar-refractivity contribution in [1.82, 2.24) is 21.3 Å². The summed E-state index contributed by atoms with van der Waals surface area (Å²) in [5.74, 6) is -8.24. The fourth-order valence-electron chi connectivity index (χ4n) is 3.25. The maximum atomic E-state index is 13.0. The molecule has 0 aliphatic rings. The normalized spacial score (nSPS) is 13.9. The van der Waals surface area contributed by atoms with Crippen molar-refractivity contribution in [3.05, 3.63) is 0 Å². The molecule has 4 atom stereocenters. The fourth-order valence-corrected chi connectivity index (χ4v) is 3.25. The third-order valence-corrected chi connectivity index (χ3v) is 5.30. The Balaban J connectivity index is 5.70. The van der Waals surface area contributed by atoms with Gasteiger partial charge in [0.2, 0.25) is 23.6 Å². The van der Waals surface area contributed by atoms with Crippen LogP contribution in [-0.4, -0.2) is 94.1 Å². The van der Waals surface area contributed by atoms with E-state index in [0.29, 0.717) is 19.4 Å². The quantitative estimate of drug-likeness (QED) is 0.0737. The highest BCUT2D eigenvalue weighted by atomic mass is 16.4. The van der Waals surface area contributed by atoms with Gasteiger partial charge in [-0.1, -0.05) is 13.8 Å². The van der Waals surface area contributed by atoms with Crippen LogP contribution >= 0.6 is 0 Å². The molecule has 0 aromatic carbocycles. The lowest BCUT2D eigenvalue weighted by molar-refractivity contribution is -0.143. The Kier molecular flexibility index (Phi) is 15.9. The largest absolute Gasteiger partial charge is 0.481 e. The maximum absolute atomic E-state index is 13.0. The smallest absolute Gasteiger partial charge is 0.326 e. The molecule has 216 valence electrons. The first-order valence-corrected chi connectivity index (χ1v) is 12.0. The standard InChI is InChI=1S/C22H38N6O10/c1-11(2)18(28-20(35)14(9-17(32)33)25-15(29)10-24)21(36)26-12(6-7-16(30)31)19(34)27-13(22(37)38)5-3-4-8-23/h11-14,18H,3-10,23-24H2,1-2H3,(H,25,29)(H,26,36)(H,27,34)(H,28,35)(H,30,31)(H,32,33)(H,37,38)/t12-,13-,14-,18-/m0/s1. The van der Waals surface area contributed by atoms with Crippen LogP contribution < -0.4 is 32.7 Å². The van der Waals surface area contributed by atoms with Crippen molar-refractivity contribution in [3.8, 4) is 0 Å². The number of carbonyl (C=O) groups excluding carboxylic acids is 4. The van der Waals surface area contributed by atoms with Gasteiger partial charge >= 0.3 is 17.9 Å². The summed E-state index contributed by atoms with van der Waals surface area (Å²) in [6.07, 6.45) is -0.734. The van der Waals surface area contributed by atoms with E-state index in [2.05, 4.69) is 21.3 Å². The Bertz CT molecular complexity index is 866. The average Bonchev–Trinajstić information content (AvgIpc) is 2.82. The van der Waals surface area contributed by atoms with E-state index >= 15 is 0 Å². The molecule has 0 heterocycles. The molecule has 16 nitrogen and oxygen atoms in total. The molecule has 0 saturated carbocycles. The first-order chi connectivity index (χ1) is 17.7. The molecule has 16 heteroatoms. The number of nitrogens with two attached hydrogens (primary N) is 2. The van der Waals surface area contributed by atoms with Crippen molar-refractivity contribution in [1.29, 1.82) is 0 Å². The minimum Gasteiger partial charge on any atom is -0.481 e. The number of hydrogen-bond acceptors (Lipinski definition) is 9. The molecule has 11 N–H and O–H groups in total. The summed E-state index contributed by atoms with van der Waals surface area (Å²) in [6, 6.07) is -5.64. The van der Waals surface area contributed by atoms with Crippen LogP contribution in [0.25, 0.3) is 0 Å². The molecule has 0 fully saturated rings. The second kappa shape index (κ2) is 17.6. The number of unbranched alkanes of at least 4 members (excludes halogenated alkanes) is 1. The SMILES string of the molecule is CC(C)[C@H](NC(=O)[C@H](CC(=O)O)NC(=O)CN)C(=O)N[C@@H](CCC(=O)O)C(=O)N[C@@H](CCCCN)C(=O)O. The van der Waals surface area contributed by atoms with Crippen LogP contribution in [0.1, 0.15) is 52.4 Å². The third-order valence-electron chi connectivity index (χ3n) is 5.30. The number of carboxylic acids is 3. The van der Waals surface area contributed by atoms with Crippen LogP contribution in [0.4, 0.5) is 0 Å². The molecule has 4 amide bonds. The van der Waals surface area contributed by atoms with Crippen LogP contribution in [0.15, 0.2) is 0 Å². The second-order valence-corrected chi connectivity index (χ2v) is 8.83. The number of aliphatic carboxylic acids is 3. The summed E-state index contributed by atoms with van der Waals surface area (Å²) in [5.41, 5.74) is 10.6. The van der Waals surface area contributed by atoms with E-state index in [1.54, 1.807) is 13.8 Å². The van der Waals surface area contributed by atoms with Crippen LogP contribution in [0.3, 0.4) is 0 Å². The Hall–Kier alpha value is -3.79. The summed E-state index contributed by atoms with van der Waals surface area (Å²) >= 11 is 0. The lowest BCUT2D eigenvalue weighted by Crippen LogP contribution is -2.59. The van der Waals surface area contributed by atoms with Gasteiger partial charge in [-0.15, -0.1) is 0 Å². The van der Waals surface area contributed by atoms with Crippen LogP contribution in [0.2, 0.25) is 0 Å². The molecule has 0 radical (unpaired) electrons. The molecule has 0 aliphatic heterocycles. The predicted octanol–water partition coefficient (Wildman–Crippen LogP) is -2.91. The predicted molar refractivity (Wildman–Crippen MR) is 131 cm³/mol. The number of nitrogens with one attached hydrogen (secondary N) is 4.